The molecule has 1 unspecified atom stereocenters. The van der Waals surface area contributed by atoms with Crippen LogP contribution in [0.3, 0.4) is 0 Å². The second-order valence-electron chi connectivity index (χ2n) is 8.26. The zero-order chi connectivity index (χ0) is 25.5. The zero-order valence-corrected chi connectivity index (χ0v) is 20.1. The molecule has 2 aromatic heterocycles. The van der Waals surface area contributed by atoms with Crippen LogP contribution in [0.4, 0.5) is 4.39 Å². The van der Waals surface area contributed by atoms with Gasteiger partial charge in [0.05, 0.1) is 17.5 Å². The second-order valence-corrected chi connectivity index (χ2v) is 10.7. The van der Waals surface area contributed by atoms with Crippen molar-refractivity contribution in [3.63, 3.8) is 0 Å². The van der Waals surface area contributed by atoms with Gasteiger partial charge in [-0.15, -0.1) is 5.10 Å². The number of fused-ring (bicyclic) bond motifs is 1. The first kappa shape index (κ1) is 24.3. The van der Waals surface area contributed by atoms with Crippen LogP contribution in [0, 0.1) is 5.82 Å². The van der Waals surface area contributed by atoms with E-state index in [1.807, 2.05) is 13.8 Å². The van der Waals surface area contributed by atoms with Gasteiger partial charge in [0, 0.05) is 18.8 Å². The molecule has 4 rings (SSSR count). The van der Waals surface area contributed by atoms with Gasteiger partial charge in [-0.05, 0) is 31.5 Å². The van der Waals surface area contributed by atoms with Crippen molar-refractivity contribution in [3.8, 4) is 11.4 Å². The molecule has 0 saturated carbocycles. The van der Waals surface area contributed by atoms with Crippen LogP contribution in [0.25, 0.3) is 5.69 Å². The molecule has 1 amide bonds. The topological polar surface area (TPSA) is 141 Å². The summed E-state index contributed by atoms with van der Waals surface area (Å²) in [5, 5.41) is 17.0. The maximum Gasteiger partial charge on any atom is 0.377 e. The van der Waals surface area contributed by atoms with Gasteiger partial charge in [0.25, 0.3) is 17.3 Å². The lowest BCUT2D eigenvalue weighted by molar-refractivity contribution is 0.0586. The molecule has 1 atom stereocenters. The minimum Gasteiger partial charge on any atom is -0.501 e. The summed E-state index contributed by atoms with van der Waals surface area (Å²) in [7, 11) is 0.851. The first-order chi connectivity index (χ1) is 16.5. The molecular formula is C22H23FN6O5S. The average molecular weight is 503 g/mol. The van der Waals surface area contributed by atoms with E-state index >= 15 is 0 Å². The normalized spacial score (nSPS) is 16.4. The highest BCUT2D eigenvalue weighted by molar-refractivity contribution is 8.14. The molecule has 1 aromatic carbocycles. The molecule has 0 radical (unpaired) electrons. The standard InChI is InChI=1S/C22H23FN6O5S/c1-22(2)21-26-15(16(30)19(32)28(21)7-8-35(22)4)18(31)24-10-12-5-6-13(23)9-14(12)29-11-25-17(27-29)20(33)34-3/h5-6,9,11,30H,4,7-8,10H2,1-3H3,(H,24,31). The van der Waals surface area contributed by atoms with Gasteiger partial charge in [0.15, 0.2) is 5.69 Å². The number of carbonyl (C=O) groups is 2. The molecule has 0 spiro atoms. The lowest BCUT2D eigenvalue weighted by Gasteiger charge is -2.35. The maximum atomic E-state index is 14.0. The number of aromatic nitrogens is 5. The minimum atomic E-state index is -0.780. The summed E-state index contributed by atoms with van der Waals surface area (Å²) in [6.07, 6.45) is 1.21. The number of carbonyl (C=O) groups excluding carboxylic acids is 2. The fourth-order valence-electron chi connectivity index (χ4n) is 3.68. The predicted molar refractivity (Wildman–Crippen MR) is 127 cm³/mol. The third kappa shape index (κ3) is 4.34. The number of nitrogens with one attached hydrogen (secondary N) is 1. The summed E-state index contributed by atoms with van der Waals surface area (Å²) in [4.78, 5) is 45.5. The minimum absolute atomic E-state index is 0.121. The van der Waals surface area contributed by atoms with E-state index in [4.69, 9.17) is 0 Å². The first-order valence-electron chi connectivity index (χ1n) is 10.5. The van der Waals surface area contributed by atoms with Gasteiger partial charge in [-0.2, -0.15) is 10.5 Å². The second kappa shape index (κ2) is 9.06. The molecule has 3 heterocycles. The van der Waals surface area contributed by atoms with Crippen LogP contribution >= 0.6 is 10.5 Å². The summed E-state index contributed by atoms with van der Waals surface area (Å²) in [6, 6.07) is 3.79. The van der Waals surface area contributed by atoms with Gasteiger partial charge in [0.2, 0.25) is 5.75 Å². The molecule has 0 aliphatic carbocycles. The molecule has 13 heteroatoms. The predicted octanol–water partition coefficient (Wildman–Crippen LogP) is 1.33. The molecule has 184 valence electrons. The van der Waals surface area contributed by atoms with E-state index in [1.54, 1.807) is 0 Å². The van der Waals surface area contributed by atoms with Crippen LogP contribution in [0.15, 0.2) is 29.3 Å². The van der Waals surface area contributed by atoms with Crippen molar-refractivity contribution >= 4 is 28.2 Å². The smallest absolute Gasteiger partial charge is 0.377 e. The molecule has 1 aliphatic rings. The molecule has 0 fully saturated rings. The van der Waals surface area contributed by atoms with Crippen molar-refractivity contribution in [3.05, 3.63) is 63.6 Å². The highest BCUT2D eigenvalue weighted by atomic mass is 32.2. The maximum absolute atomic E-state index is 14.0. The highest BCUT2D eigenvalue weighted by Crippen LogP contribution is 2.42. The number of esters is 1. The van der Waals surface area contributed by atoms with Gasteiger partial charge in [-0.1, -0.05) is 11.9 Å². The van der Waals surface area contributed by atoms with E-state index in [9.17, 15) is 23.9 Å². The number of methoxy groups -OCH3 is 1. The van der Waals surface area contributed by atoms with E-state index in [0.29, 0.717) is 23.7 Å². The van der Waals surface area contributed by atoms with Crippen molar-refractivity contribution in [1.82, 2.24) is 29.6 Å². The Morgan fingerprint density at radius 2 is 2.11 bits per heavy atom. The fourth-order valence-corrected chi connectivity index (χ4v) is 5.01. The summed E-state index contributed by atoms with van der Waals surface area (Å²) >= 11 is 0. The summed E-state index contributed by atoms with van der Waals surface area (Å²) in [5.74, 6) is 2.13. The van der Waals surface area contributed by atoms with E-state index in [1.165, 1.54) is 34.8 Å². The van der Waals surface area contributed by atoms with Crippen LogP contribution < -0.4 is 10.9 Å². The van der Waals surface area contributed by atoms with Gasteiger partial charge in [-0.3, -0.25) is 14.2 Å². The zero-order valence-electron chi connectivity index (χ0n) is 19.2. The van der Waals surface area contributed by atoms with Crippen LogP contribution in [-0.4, -0.2) is 60.0 Å². The van der Waals surface area contributed by atoms with E-state index in [-0.39, 0.29) is 28.5 Å². The number of halogens is 1. The van der Waals surface area contributed by atoms with E-state index < -0.39 is 39.4 Å². The Kier molecular flexibility index (Phi) is 6.28. The van der Waals surface area contributed by atoms with Crippen molar-refractivity contribution in [2.45, 2.75) is 31.7 Å². The number of benzene rings is 1. The van der Waals surface area contributed by atoms with Crippen LogP contribution in [0.5, 0.6) is 5.75 Å². The molecule has 2 N–H and O–H groups in total. The van der Waals surface area contributed by atoms with Gasteiger partial charge < -0.3 is 15.2 Å². The van der Waals surface area contributed by atoms with Crippen molar-refractivity contribution in [2.75, 3.05) is 12.9 Å². The Morgan fingerprint density at radius 1 is 1.37 bits per heavy atom. The molecule has 0 bridgehead atoms. The molecule has 3 aromatic rings. The third-order valence-electron chi connectivity index (χ3n) is 5.78. The first-order valence-corrected chi connectivity index (χ1v) is 12.0. The Balaban J connectivity index is 1.64. The van der Waals surface area contributed by atoms with Crippen LogP contribution in [0.1, 0.15) is 46.3 Å². The van der Waals surface area contributed by atoms with Gasteiger partial charge in [0.1, 0.15) is 18.0 Å². The molecule has 35 heavy (non-hydrogen) atoms. The van der Waals surface area contributed by atoms with Crippen LogP contribution in [-0.2, 0) is 22.6 Å². The van der Waals surface area contributed by atoms with E-state index in [0.717, 1.165) is 6.07 Å². The Hall–Kier alpha value is -3.87. The van der Waals surface area contributed by atoms with Crippen LogP contribution in [0.2, 0.25) is 0 Å². The SMILES string of the molecule is C=S1CCn2c(nc(C(=O)NCc3ccc(F)cc3-n3cnc(C(=O)OC)n3)c(O)c2=O)C1(C)C. The molecule has 0 saturated heterocycles. The average Bonchev–Trinajstić information content (AvgIpc) is 3.32. The van der Waals surface area contributed by atoms with Crippen molar-refractivity contribution in [1.29, 1.82) is 0 Å². The Morgan fingerprint density at radius 3 is 2.83 bits per heavy atom. The van der Waals surface area contributed by atoms with E-state index in [2.05, 4.69) is 31.0 Å². The number of hydrogen-bond acceptors (Lipinski definition) is 8. The Bertz CT molecular complexity index is 1430. The molecule has 1 aliphatic heterocycles. The highest BCUT2D eigenvalue weighted by Gasteiger charge is 2.35. The summed E-state index contributed by atoms with van der Waals surface area (Å²) < 4.78 is 20.5. The lowest BCUT2D eigenvalue weighted by Crippen LogP contribution is -2.39. The number of rotatable bonds is 5. The fraction of sp³-hybridized carbons (Fsp3) is 0.318. The quantitative estimate of drug-likeness (QED) is 0.393. The lowest BCUT2D eigenvalue weighted by atomic mass is 10.1. The number of ether oxygens (including phenoxy) is 1. The molecular weight excluding hydrogens is 479 g/mol. The van der Waals surface area contributed by atoms with Gasteiger partial charge >= 0.3 is 5.97 Å². The number of amides is 1. The summed E-state index contributed by atoms with van der Waals surface area (Å²) in [5.41, 5.74) is -0.441. The number of hydrogen-bond donors (Lipinski definition) is 2. The number of nitrogens with zero attached hydrogens (tertiary/aromatic N) is 5. The van der Waals surface area contributed by atoms with Crippen molar-refractivity contribution in [2.24, 2.45) is 0 Å². The monoisotopic (exact) mass is 502 g/mol. The largest absolute Gasteiger partial charge is 0.501 e. The molecule has 11 nitrogen and oxygen atoms in total. The number of aromatic hydroxyl groups is 1. The Labute approximate surface area is 201 Å². The van der Waals surface area contributed by atoms with Crippen molar-refractivity contribution < 1.29 is 23.8 Å². The third-order valence-corrected chi connectivity index (χ3v) is 8.08. The summed E-state index contributed by atoms with van der Waals surface area (Å²) in [6.45, 7) is 4.02. The van der Waals surface area contributed by atoms with Gasteiger partial charge in [-0.25, -0.2) is 23.8 Å².